The lowest BCUT2D eigenvalue weighted by molar-refractivity contribution is 0.0625. The van der Waals surface area contributed by atoms with Gasteiger partial charge in [-0.3, -0.25) is 9.59 Å². The molecule has 182 valence electrons. The van der Waals surface area contributed by atoms with Crippen LogP contribution in [0.4, 0.5) is 0 Å². The smallest absolute Gasteiger partial charge is 0.282 e. The van der Waals surface area contributed by atoms with E-state index in [1.54, 1.807) is 11.0 Å². The molecule has 10 heteroatoms. The van der Waals surface area contributed by atoms with Crippen LogP contribution in [0.2, 0.25) is 5.02 Å². The first-order valence-corrected chi connectivity index (χ1v) is 12.6. The van der Waals surface area contributed by atoms with E-state index in [0.717, 1.165) is 61.8 Å². The van der Waals surface area contributed by atoms with E-state index in [0.29, 0.717) is 15.7 Å². The number of carbonyl (C=O) groups is 2. The predicted octanol–water partition coefficient (Wildman–Crippen LogP) is 4.50. The summed E-state index contributed by atoms with van der Waals surface area (Å²) >= 11 is 7.59. The predicted molar refractivity (Wildman–Crippen MR) is 138 cm³/mol. The summed E-state index contributed by atoms with van der Waals surface area (Å²) in [5, 5.41) is 5.28. The topological polar surface area (TPSA) is 81.3 Å². The molecule has 3 aromatic rings. The summed E-state index contributed by atoms with van der Waals surface area (Å²) in [6.07, 6.45) is 4.67. The molecule has 3 heterocycles. The second-order valence-electron chi connectivity index (χ2n) is 9.14. The third-order valence-electron chi connectivity index (χ3n) is 6.80. The quantitative estimate of drug-likeness (QED) is 0.529. The Balaban J connectivity index is 0.00000274. The number of thiazole rings is 1. The van der Waals surface area contributed by atoms with Crippen LogP contribution in [0.1, 0.15) is 56.5 Å². The van der Waals surface area contributed by atoms with E-state index < -0.39 is 0 Å². The number of aromatic amines is 1. The van der Waals surface area contributed by atoms with Gasteiger partial charge in [0.15, 0.2) is 5.01 Å². The molecule has 2 aromatic heterocycles. The van der Waals surface area contributed by atoms with Crippen molar-refractivity contribution in [3.63, 3.8) is 0 Å². The number of hydrogen-bond acceptors (Lipinski definition) is 5. The van der Waals surface area contributed by atoms with Crippen molar-refractivity contribution in [2.75, 3.05) is 20.6 Å². The highest BCUT2D eigenvalue weighted by atomic mass is 35.5. The van der Waals surface area contributed by atoms with Crippen molar-refractivity contribution in [3.8, 4) is 0 Å². The van der Waals surface area contributed by atoms with Crippen molar-refractivity contribution in [2.24, 2.45) is 0 Å². The number of fused-ring (bicyclic) bond motifs is 2. The molecule has 0 saturated heterocycles. The zero-order valence-corrected chi connectivity index (χ0v) is 21.7. The second kappa shape index (κ2) is 10.2. The Labute approximate surface area is 214 Å². The maximum atomic E-state index is 13.3. The average molecular weight is 523 g/mol. The third kappa shape index (κ3) is 4.96. The first-order valence-electron chi connectivity index (χ1n) is 11.4. The fourth-order valence-electron chi connectivity index (χ4n) is 4.93. The van der Waals surface area contributed by atoms with Gasteiger partial charge in [0.2, 0.25) is 0 Å². The van der Waals surface area contributed by atoms with Gasteiger partial charge in [-0.2, -0.15) is 0 Å². The minimum atomic E-state index is -0.159. The van der Waals surface area contributed by atoms with Crippen LogP contribution in [0.25, 0.3) is 10.9 Å². The van der Waals surface area contributed by atoms with Crippen molar-refractivity contribution in [2.45, 2.75) is 50.7 Å². The first-order chi connectivity index (χ1) is 15.9. The van der Waals surface area contributed by atoms with Crippen LogP contribution < -0.4 is 5.32 Å². The van der Waals surface area contributed by atoms with Crippen LogP contribution >= 0.6 is 35.3 Å². The third-order valence-corrected chi connectivity index (χ3v) is 8.10. The number of hydrogen-bond donors (Lipinski definition) is 2. The summed E-state index contributed by atoms with van der Waals surface area (Å²) in [5.41, 5.74) is 2.43. The molecule has 7 nitrogen and oxygen atoms in total. The Morgan fingerprint density at radius 2 is 2.06 bits per heavy atom. The molecule has 2 aliphatic rings. The van der Waals surface area contributed by atoms with E-state index in [1.165, 1.54) is 16.2 Å². The van der Waals surface area contributed by atoms with E-state index in [1.807, 2.05) is 25.2 Å². The van der Waals surface area contributed by atoms with Gasteiger partial charge in [-0.15, -0.1) is 23.7 Å². The Bertz CT molecular complexity index is 1210. The normalized spacial score (nSPS) is 20.4. The average Bonchev–Trinajstić information content (AvgIpc) is 3.42. The van der Waals surface area contributed by atoms with Crippen LogP contribution in [0.15, 0.2) is 24.3 Å². The molecule has 1 aromatic carbocycles. The molecule has 1 aliphatic carbocycles. The lowest BCUT2D eigenvalue weighted by atomic mass is 9.89. The molecular weight excluding hydrogens is 493 g/mol. The van der Waals surface area contributed by atoms with Gasteiger partial charge in [-0.25, -0.2) is 4.98 Å². The molecule has 1 fully saturated rings. The summed E-state index contributed by atoms with van der Waals surface area (Å²) in [7, 11) is 3.93. The fraction of sp³-hybridized carbons (Fsp3) is 0.458. The molecule has 5 rings (SSSR count). The number of likely N-dealkylation sites (N-methyl/N-ethyl adjacent to an activating group) is 2. The Morgan fingerprint density at radius 1 is 1.26 bits per heavy atom. The molecular formula is C24H29Cl2N5O2S. The zero-order chi connectivity index (χ0) is 23.1. The minimum Gasteiger partial charge on any atom is -0.351 e. The zero-order valence-electron chi connectivity index (χ0n) is 19.3. The van der Waals surface area contributed by atoms with Gasteiger partial charge >= 0.3 is 0 Å². The number of H-pyrrole nitrogens is 1. The molecule has 34 heavy (non-hydrogen) atoms. The Kier molecular flexibility index (Phi) is 7.52. The second-order valence-corrected chi connectivity index (χ2v) is 10.7. The maximum absolute atomic E-state index is 13.3. The molecule has 0 bridgehead atoms. The first kappa shape index (κ1) is 25.0. The molecule has 0 spiro atoms. The highest BCUT2D eigenvalue weighted by Crippen LogP contribution is 2.28. The standard InChI is InChI=1S/C24H28ClN5O2S.ClH/c1-29-10-9-18-21(13-29)33-23(28-18)24(32)30(2)20-6-4-3-5-17(20)27-22(31)19-12-14-11-15(25)7-8-16(14)26-19;/h7-8,11-12,17,20,26H,3-6,9-10,13H2,1-2H3,(H,27,31);1H/t17-,20+;/m1./s1. The van der Waals surface area contributed by atoms with Crippen molar-refractivity contribution in [1.29, 1.82) is 0 Å². The van der Waals surface area contributed by atoms with E-state index in [4.69, 9.17) is 11.6 Å². The van der Waals surface area contributed by atoms with Gasteiger partial charge in [0.1, 0.15) is 5.69 Å². The molecule has 0 radical (unpaired) electrons. The van der Waals surface area contributed by atoms with Gasteiger partial charge in [0.05, 0.1) is 11.7 Å². The van der Waals surface area contributed by atoms with E-state index in [2.05, 4.69) is 27.2 Å². The molecule has 2 amide bonds. The highest BCUT2D eigenvalue weighted by Gasteiger charge is 2.34. The number of carbonyl (C=O) groups excluding carboxylic acids is 2. The number of aromatic nitrogens is 2. The SMILES string of the molecule is CN1CCc2nc(C(=O)N(C)[C@H]3CCCC[C@H]3NC(=O)c3cc4cc(Cl)ccc4[nH]3)sc2C1.Cl. The lowest BCUT2D eigenvalue weighted by Gasteiger charge is -2.38. The van der Waals surface area contributed by atoms with Crippen molar-refractivity contribution < 1.29 is 9.59 Å². The van der Waals surface area contributed by atoms with Crippen molar-refractivity contribution >= 4 is 58.1 Å². The van der Waals surface area contributed by atoms with Crippen LogP contribution in [0.5, 0.6) is 0 Å². The van der Waals surface area contributed by atoms with Crippen molar-refractivity contribution in [3.05, 3.63) is 50.6 Å². The summed E-state index contributed by atoms with van der Waals surface area (Å²) in [4.78, 5) is 39.4. The molecule has 1 saturated carbocycles. The van der Waals surface area contributed by atoms with Crippen LogP contribution in [-0.4, -0.2) is 64.3 Å². The fourth-order valence-corrected chi connectivity index (χ4v) is 6.28. The van der Waals surface area contributed by atoms with Gasteiger partial charge < -0.3 is 20.1 Å². The summed E-state index contributed by atoms with van der Waals surface area (Å²) in [5.74, 6) is -0.212. The summed E-state index contributed by atoms with van der Waals surface area (Å²) in [6, 6.07) is 7.17. The van der Waals surface area contributed by atoms with Gasteiger partial charge in [0.25, 0.3) is 11.8 Å². The summed E-state index contributed by atoms with van der Waals surface area (Å²) < 4.78 is 0. The Morgan fingerprint density at radius 3 is 2.88 bits per heavy atom. The van der Waals surface area contributed by atoms with E-state index >= 15 is 0 Å². The Hall–Kier alpha value is -2.13. The summed E-state index contributed by atoms with van der Waals surface area (Å²) in [6.45, 7) is 1.82. The number of nitrogens with zero attached hydrogens (tertiary/aromatic N) is 3. The molecule has 2 atom stereocenters. The van der Waals surface area contributed by atoms with Gasteiger partial charge in [0, 0.05) is 53.4 Å². The monoisotopic (exact) mass is 521 g/mol. The van der Waals surface area contributed by atoms with E-state index in [9.17, 15) is 9.59 Å². The molecule has 0 unspecified atom stereocenters. The van der Waals surface area contributed by atoms with Crippen LogP contribution in [-0.2, 0) is 13.0 Å². The van der Waals surface area contributed by atoms with Crippen molar-refractivity contribution in [1.82, 2.24) is 25.1 Å². The number of rotatable bonds is 4. The number of amides is 2. The lowest BCUT2D eigenvalue weighted by Crippen LogP contribution is -2.53. The van der Waals surface area contributed by atoms with Gasteiger partial charge in [-0.1, -0.05) is 24.4 Å². The van der Waals surface area contributed by atoms with Gasteiger partial charge in [-0.05, 0) is 44.2 Å². The highest BCUT2D eigenvalue weighted by molar-refractivity contribution is 7.13. The molecule has 1 aliphatic heterocycles. The number of halogens is 2. The van der Waals surface area contributed by atoms with Crippen LogP contribution in [0.3, 0.4) is 0 Å². The maximum Gasteiger partial charge on any atom is 0.282 e. The number of nitrogens with one attached hydrogen (secondary N) is 2. The largest absolute Gasteiger partial charge is 0.351 e. The van der Waals surface area contributed by atoms with E-state index in [-0.39, 0.29) is 36.3 Å². The molecule has 2 N–H and O–H groups in total. The van der Waals surface area contributed by atoms with Crippen LogP contribution in [0, 0.1) is 0 Å². The minimum absolute atomic E-state index is 0. The number of benzene rings is 1.